The monoisotopic (exact) mass is 298 g/mol. The zero-order chi connectivity index (χ0) is 12.7. The molecule has 1 aromatic rings. The van der Waals surface area contributed by atoms with Gasteiger partial charge in [0, 0.05) is 11.0 Å². The number of nitrogens with zero attached hydrogens (tertiary/aromatic N) is 1. The summed E-state index contributed by atoms with van der Waals surface area (Å²) in [4.78, 5) is 2.23. The molecule has 96 valence electrons. The second-order valence-corrected chi connectivity index (χ2v) is 5.63. The Labute approximate surface area is 114 Å². The number of unbranched alkanes of at least 4 members (excludes halogenated alkanes) is 1. The molecule has 3 heteroatoms. The second kappa shape index (κ2) is 7.85. The fourth-order valence-electron chi connectivity index (χ4n) is 1.73. The van der Waals surface area contributed by atoms with Crippen LogP contribution in [0.1, 0.15) is 24.0 Å². The predicted octanol–water partition coefficient (Wildman–Crippen LogP) is 3.19. The van der Waals surface area contributed by atoms with E-state index in [9.17, 15) is 0 Å². The minimum atomic E-state index is 0.968. The zero-order valence-electron chi connectivity index (χ0n) is 11.1. The van der Waals surface area contributed by atoms with Gasteiger partial charge in [0.05, 0.1) is 0 Å². The quantitative estimate of drug-likeness (QED) is 0.778. The Morgan fingerprint density at radius 1 is 1.24 bits per heavy atom. The number of aryl methyl sites for hydroxylation is 1. The van der Waals surface area contributed by atoms with Gasteiger partial charge in [0.15, 0.2) is 0 Å². The molecule has 0 radical (unpaired) electrons. The maximum absolute atomic E-state index is 3.52. The summed E-state index contributed by atoms with van der Waals surface area (Å²) >= 11 is 3.52. The van der Waals surface area contributed by atoms with Crippen molar-refractivity contribution in [2.75, 3.05) is 27.2 Å². The molecule has 0 amide bonds. The van der Waals surface area contributed by atoms with Gasteiger partial charge in [-0.15, -0.1) is 0 Å². The minimum absolute atomic E-state index is 0.968. The highest BCUT2D eigenvalue weighted by Gasteiger charge is 1.97. The smallest absolute Gasteiger partial charge is 0.0205 e. The van der Waals surface area contributed by atoms with Crippen molar-refractivity contribution in [2.45, 2.75) is 26.3 Å². The van der Waals surface area contributed by atoms with Gasteiger partial charge in [-0.3, -0.25) is 0 Å². The van der Waals surface area contributed by atoms with Gasteiger partial charge >= 0.3 is 0 Å². The molecule has 0 aromatic heterocycles. The number of hydrogen-bond donors (Lipinski definition) is 1. The van der Waals surface area contributed by atoms with Crippen molar-refractivity contribution in [3.05, 3.63) is 33.8 Å². The predicted molar refractivity (Wildman–Crippen MR) is 78.4 cm³/mol. The molecule has 0 fully saturated rings. The van der Waals surface area contributed by atoms with Crippen molar-refractivity contribution < 1.29 is 0 Å². The molecule has 0 aliphatic carbocycles. The molecular formula is C14H23BrN2. The molecule has 0 aliphatic rings. The third kappa shape index (κ3) is 6.20. The Morgan fingerprint density at radius 2 is 2.00 bits per heavy atom. The number of rotatable bonds is 7. The van der Waals surface area contributed by atoms with E-state index < -0.39 is 0 Å². The van der Waals surface area contributed by atoms with E-state index in [4.69, 9.17) is 0 Å². The van der Waals surface area contributed by atoms with Crippen LogP contribution in [-0.4, -0.2) is 32.1 Å². The van der Waals surface area contributed by atoms with Crippen molar-refractivity contribution in [1.29, 1.82) is 0 Å². The van der Waals surface area contributed by atoms with Gasteiger partial charge in [-0.05, 0) is 64.1 Å². The summed E-state index contributed by atoms with van der Waals surface area (Å²) in [7, 11) is 4.25. The van der Waals surface area contributed by atoms with Crippen molar-refractivity contribution in [1.82, 2.24) is 10.2 Å². The summed E-state index contributed by atoms with van der Waals surface area (Å²) < 4.78 is 1.19. The molecule has 0 aliphatic heterocycles. The van der Waals surface area contributed by atoms with Gasteiger partial charge in [0.2, 0.25) is 0 Å². The first-order chi connectivity index (χ1) is 8.09. The third-order valence-electron chi connectivity index (χ3n) is 2.76. The number of benzene rings is 1. The lowest BCUT2D eigenvalue weighted by Gasteiger charge is -2.10. The number of halogens is 1. The Hall–Kier alpha value is -0.380. The van der Waals surface area contributed by atoms with Crippen LogP contribution < -0.4 is 5.32 Å². The van der Waals surface area contributed by atoms with Crippen molar-refractivity contribution in [3.8, 4) is 0 Å². The fourth-order valence-corrected chi connectivity index (χ4v) is 1.97. The normalized spacial score (nSPS) is 11.1. The number of hydrogen-bond acceptors (Lipinski definition) is 2. The molecule has 1 aromatic carbocycles. The molecule has 2 nitrogen and oxygen atoms in total. The maximum Gasteiger partial charge on any atom is 0.0205 e. The van der Waals surface area contributed by atoms with Gasteiger partial charge in [0.1, 0.15) is 0 Å². The van der Waals surface area contributed by atoms with Crippen LogP contribution in [-0.2, 0) is 6.54 Å². The highest BCUT2D eigenvalue weighted by atomic mass is 79.9. The van der Waals surface area contributed by atoms with Crippen LogP contribution in [0.5, 0.6) is 0 Å². The van der Waals surface area contributed by atoms with E-state index in [2.05, 4.69) is 65.4 Å². The van der Waals surface area contributed by atoms with Crippen LogP contribution in [0.2, 0.25) is 0 Å². The summed E-state index contributed by atoms with van der Waals surface area (Å²) in [5.41, 5.74) is 2.66. The van der Waals surface area contributed by atoms with Crippen LogP contribution >= 0.6 is 15.9 Å². The molecule has 0 heterocycles. The van der Waals surface area contributed by atoms with E-state index in [-0.39, 0.29) is 0 Å². The average molecular weight is 299 g/mol. The van der Waals surface area contributed by atoms with E-state index in [1.54, 1.807) is 0 Å². The lowest BCUT2D eigenvalue weighted by molar-refractivity contribution is 0.391. The van der Waals surface area contributed by atoms with Crippen LogP contribution in [0.15, 0.2) is 22.7 Å². The zero-order valence-corrected chi connectivity index (χ0v) is 12.7. The molecule has 0 bridgehead atoms. The minimum Gasteiger partial charge on any atom is -0.313 e. The SMILES string of the molecule is Cc1cc(CNCCCCN(C)C)ccc1Br. The Morgan fingerprint density at radius 3 is 2.65 bits per heavy atom. The summed E-state index contributed by atoms with van der Waals surface area (Å²) in [6.07, 6.45) is 2.51. The van der Waals surface area contributed by atoms with E-state index in [0.29, 0.717) is 0 Å². The standard InChI is InChI=1S/C14H23BrN2/c1-12-10-13(6-7-14(12)15)11-16-8-4-5-9-17(2)3/h6-7,10,16H,4-5,8-9,11H2,1-3H3. The number of nitrogens with one attached hydrogen (secondary N) is 1. The van der Waals surface area contributed by atoms with Gasteiger partial charge < -0.3 is 10.2 Å². The lowest BCUT2D eigenvalue weighted by atomic mass is 10.1. The lowest BCUT2D eigenvalue weighted by Crippen LogP contribution is -2.18. The average Bonchev–Trinajstić information content (AvgIpc) is 2.27. The first-order valence-electron chi connectivity index (χ1n) is 6.20. The van der Waals surface area contributed by atoms with Gasteiger partial charge in [-0.25, -0.2) is 0 Å². The summed E-state index contributed by atoms with van der Waals surface area (Å²) in [5.74, 6) is 0. The summed E-state index contributed by atoms with van der Waals surface area (Å²) in [6.45, 7) is 5.38. The topological polar surface area (TPSA) is 15.3 Å². The molecule has 1 rings (SSSR count). The molecule has 17 heavy (non-hydrogen) atoms. The Balaban J connectivity index is 2.16. The first kappa shape index (κ1) is 14.7. The molecular weight excluding hydrogens is 276 g/mol. The van der Waals surface area contributed by atoms with Crippen molar-refractivity contribution >= 4 is 15.9 Å². The highest BCUT2D eigenvalue weighted by Crippen LogP contribution is 2.16. The largest absolute Gasteiger partial charge is 0.313 e. The molecule has 0 saturated carbocycles. The van der Waals surface area contributed by atoms with Crippen LogP contribution in [0, 0.1) is 6.92 Å². The van der Waals surface area contributed by atoms with E-state index in [0.717, 1.165) is 13.1 Å². The van der Waals surface area contributed by atoms with Crippen LogP contribution in [0.4, 0.5) is 0 Å². The van der Waals surface area contributed by atoms with Gasteiger partial charge in [0.25, 0.3) is 0 Å². The fraction of sp³-hybridized carbons (Fsp3) is 0.571. The molecule has 1 N–H and O–H groups in total. The van der Waals surface area contributed by atoms with Crippen molar-refractivity contribution in [3.63, 3.8) is 0 Å². The highest BCUT2D eigenvalue weighted by molar-refractivity contribution is 9.10. The summed E-state index contributed by atoms with van der Waals surface area (Å²) in [5, 5.41) is 3.49. The van der Waals surface area contributed by atoms with Gasteiger partial charge in [-0.2, -0.15) is 0 Å². The van der Waals surface area contributed by atoms with Gasteiger partial charge in [-0.1, -0.05) is 28.1 Å². The third-order valence-corrected chi connectivity index (χ3v) is 3.65. The van der Waals surface area contributed by atoms with Crippen molar-refractivity contribution in [2.24, 2.45) is 0 Å². The summed E-state index contributed by atoms with van der Waals surface area (Å²) in [6, 6.07) is 6.53. The van der Waals surface area contributed by atoms with Crippen LogP contribution in [0.3, 0.4) is 0 Å². The molecule has 0 spiro atoms. The van der Waals surface area contributed by atoms with E-state index >= 15 is 0 Å². The van der Waals surface area contributed by atoms with E-state index in [1.807, 2.05) is 0 Å². The Bertz CT molecular complexity index is 337. The molecule has 0 unspecified atom stereocenters. The van der Waals surface area contributed by atoms with Crippen LogP contribution in [0.25, 0.3) is 0 Å². The first-order valence-corrected chi connectivity index (χ1v) is 6.99. The Kier molecular flexibility index (Phi) is 6.78. The van der Waals surface area contributed by atoms with E-state index in [1.165, 1.54) is 35.0 Å². The molecule has 0 atom stereocenters. The molecule has 0 saturated heterocycles. The maximum atomic E-state index is 3.52. The second-order valence-electron chi connectivity index (χ2n) is 4.77.